The van der Waals surface area contributed by atoms with Crippen LogP contribution in [0.2, 0.25) is 0 Å². The zero-order chi connectivity index (χ0) is 20.0. The predicted octanol–water partition coefficient (Wildman–Crippen LogP) is 2.71. The fourth-order valence-corrected chi connectivity index (χ4v) is 4.06. The molecule has 0 aliphatic carbocycles. The lowest BCUT2D eigenvalue weighted by Gasteiger charge is -2.18. The minimum Gasteiger partial charge on any atom is -0.549 e. The summed E-state index contributed by atoms with van der Waals surface area (Å²) in [6, 6.07) is 13.2. The van der Waals surface area contributed by atoms with E-state index in [-0.39, 0.29) is 5.56 Å². The van der Waals surface area contributed by atoms with Crippen molar-refractivity contribution in [2.45, 2.75) is 31.2 Å². The average molecular weight is 392 g/mol. The summed E-state index contributed by atoms with van der Waals surface area (Å²) in [5, 5.41) is 11.6. The van der Waals surface area contributed by atoms with Crippen LogP contribution in [0.1, 0.15) is 18.1 Å². The number of para-hydroxylation sites is 1. The summed E-state index contributed by atoms with van der Waals surface area (Å²) in [4.78, 5) is 32.6. The van der Waals surface area contributed by atoms with Crippen molar-refractivity contribution in [3.8, 4) is 5.69 Å². The zero-order valence-electron chi connectivity index (χ0n) is 15.6. The third kappa shape index (κ3) is 2.88. The molecule has 0 saturated carbocycles. The van der Waals surface area contributed by atoms with Gasteiger partial charge in [0.2, 0.25) is 0 Å². The van der Waals surface area contributed by atoms with Crippen LogP contribution in [-0.4, -0.2) is 25.8 Å². The molecule has 1 atom stereocenters. The first-order valence-corrected chi connectivity index (χ1v) is 9.74. The van der Waals surface area contributed by atoms with Gasteiger partial charge in [0.05, 0.1) is 11.7 Å². The number of carbonyl (C=O) groups is 1. The quantitative estimate of drug-likeness (QED) is 0.426. The minimum absolute atomic E-state index is 0.261. The molecule has 6 nitrogen and oxygen atoms in total. The van der Waals surface area contributed by atoms with Crippen LogP contribution in [0.25, 0.3) is 27.6 Å². The number of H-pyrrole nitrogens is 1. The monoisotopic (exact) mass is 392 g/mol. The van der Waals surface area contributed by atoms with E-state index in [0.717, 1.165) is 33.8 Å². The van der Waals surface area contributed by atoms with Gasteiger partial charge in [0.25, 0.3) is 5.56 Å². The van der Waals surface area contributed by atoms with Gasteiger partial charge >= 0.3 is 0 Å². The number of carbonyl (C=O) groups excluding carboxylic acids is 1. The number of carboxylic acids is 1. The normalized spacial score (nSPS) is 12.5. The van der Waals surface area contributed by atoms with Crippen LogP contribution in [0.15, 0.2) is 52.4 Å². The number of aliphatic carboxylic acids is 1. The van der Waals surface area contributed by atoms with Crippen molar-refractivity contribution in [3.05, 3.63) is 63.9 Å². The Hall–Kier alpha value is -3.06. The molecule has 2 heterocycles. The van der Waals surface area contributed by atoms with E-state index in [2.05, 4.69) is 4.98 Å². The van der Waals surface area contributed by atoms with Crippen LogP contribution < -0.4 is 10.7 Å². The van der Waals surface area contributed by atoms with Crippen molar-refractivity contribution in [1.29, 1.82) is 0 Å². The largest absolute Gasteiger partial charge is 0.549 e. The first-order valence-electron chi connectivity index (χ1n) is 8.86. The molecule has 4 aromatic rings. The van der Waals surface area contributed by atoms with Gasteiger partial charge in [-0.05, 0) is 44.0 Å². The van der Waals surface area contributed by atoms with E-state index in [1.807, 2.05) is 56.3 Å². The molecule has 0 spiro atoms. The molecular weight excluding hydrogens is 374 g/mol. The van der Waals surface area contributed by atoms with Gasteiger partial charge in [-0.2, -0.15) is 0 Å². The van der Waals surface area contributed by atoms with E-state index in [4.69, 9.17) is 4.98 Å². The number of fused-ring (bicyclic) bond motifs is 3. The van der Waals surface area contributed by atoms with Crippen LogP contribution >= 0.6 is 11.8 Å². The van der Waals surface area contributed by atoms with Gasteiger partial charge in [-0.25, -0.2) is 4.98 Å². The Labute approximate surface area is 165 Å². The molecule has 0 amide bonds. The van der Waals surface area contributed by atoms with Crippen molar-refractivity contribution in [3.63, 3.8) is 0 Å². The summed E-state index contributed by atoms with van der Waals surface area (Å²) < 4.78 is 1.49. The fourth-order valence-electron chi connectivity index (χ4n) is 3.22. The standard InChI is InChI=1S/C21H19N3O3S/c1-11-7-6-10-16(12(11)2)24-19(25)18-17(14-8-4-5-9-15(14)22-18)23-21(24)28-13(3)20(26)27/h4-10,13,22H,1-3H3,(H,26,27)/p-1/t13-/m0/s1. The molecular formula is C21H18N3O3S-. The minimum atomic E-state index is -1.20. The van der Waals surface area contributed by atoms with Crippen LogP contribution in [0.5, 0.6) is 0 Å². The molecule has 7 heteroatoms. The van der Waals surface area contributed by atoms with Gasteiger partial charge in [0.15, 0.2) is 5.16 Å². The highest BCUT2D eigenvalue weighted by Crippen LogP contribution is 2.29. The van der Waals surface area contributed by atoms with Crippen LogP contribution in [0, 0.1) is 13.8 Å². The van der Waals surface area contributed by atoms with Crippen molar-refractivity contribution in [2.24, 2.45) is 0 Å². The van der Waals surface area contributed by atoms with Gasteiger partial charge in [-0.3, -0.25) is 9.36 Å². The number of nitrogens with zero attached hydrogens (tertiary/aromatic N) is 2. The van der Waals surface area contributed by atoms with Gasteiger partial charge in [0, 0.05) is 16.2 Å². The molecule has 28 heavy (non-hydrogen) atoms. The van der Waals surface area contributed by atoms with Crippen molar-refractivity contribution < 1.29 is 9.90 Å². The van der Waals surface area contributed by atoms with Crippen LogP contribution in [0.4, 0.5) is 0 Å². The smallest absolute Gasteiger partial charge is 0.283 e. The lowest BCUT2D eigenvalue weighted by atomic mass is 10.1. The molecule has 0 fully saturated rings. The maximum absolute atomic E-state index is 13.4. The van der Waals surface area contributed by atoms with E-state index in [1.165, 1.54) is 11.5 Å². The van der Waals surface area contributed by atoms with Gasteiger partial charge in [-0.1, -0.05) is 42.1 Å². The number of aromatic nitrogens is 3. The summed E-state index contributed by atoms with van der Waals surface area (Å²) >= 11 is 1.00. The molecule has 0 unspecified atom stereocenters. The summed E-state index contributed by atoms with van der Waals surface area (Å²) in [5.41, 5.74) is 4.14. The Morgan fingerprint density at radius 3 is 2.68 bits per heavy atom. The second-order valence-corrected chi connectivity index (χ2v) is 8.04. The summed E-state index contributed by atoms with van der Waals surface area (Å²) in [6.45, 7) is 5.43. The highest BCUT2D eigenvalue weighted by atomic mass is 32.2. The summed E-state index contributed by atoms with van der Waals surface area (Å²) in [7, 11) is 0. The second kappa shape index (κ2) is 6.83. The van der Waals surface area contributed by atoms with Crippen LogP contribution in [0.3, 0.4) is 0 Å². The predicted molar refractivity (Wildman–Crippen MR) is 109 cm³/mol. The Morgan fingerprint density at radius 2 is 1.93 bits per heavy atom. The Morgan fingerprint density at radius 1 is 1.18 bits per heavy atom. The number of aryl methyl sites for hydroxylation is 1. The Kier molecular flexibility index (Phi) is 4.47. The maximum Gasteiger partial charge on any atom is 0.283 e. The average Bonchev–Trinajstić information content (AvgIpc) is 3.04. The third-order valence-electron chi connectivity index (χ3n) is 4.93. The summed E-state index contributed by atoms with van der Waals surface area (Å²) in [6.07, 6.45) is 0. The molecule has 0 saturated heterocycles. The summed E-state index contributed by atoms with van der Waals surface area (Å²) in [5.74, 6) is -1.20. The maximum atomic E-state index is 13.4. The lowest BCUT2D eigenvalue weighted by molar-refractivity contribution is -0.304. The molecule has 2 aromatic heterocycles. The number of nitrogens with one attached hydrogen (secondary N) is 1. The van der Waals surface area contributed by atoms with Crippen molar-refractivity contribution >= 4 is 39.7 Å². The van der Waals surface area contributed by atoms with Gasteiger partial charge in [-0.15, -0.1) is 0 Å². The van der Waals surface area contributed by atoms with E-state index in [9.17, 15) is 14.7 Å². The highest BCUT2D eigenvalue weighted by Gasteiger charge is 2.20. The lowest BCUT2D eigenvalue weighted by Crippen LogP contribution is -2.32. The fraction of sp³-hybridized carbons (Fsp3) is 0.190. The van der Waals surface area contributed by atoms with E-state index in [0.29, 0.717) is 21.9 Å². The molecule has 2 aromatic carbocycles. The number of thioether (sulfide) groups is 1. The Balaban J connectivity index is 2.10. The van der Waals surface area contributed by atoms with Crippen LogP contribution in [-0.2, 0) is 4.79 Å². The first-order chi connectivity index (χ1) is 13.4. The number of benzene rings is 2. The van der Waals surface area contributed by atoms with Gasteiger partial charge in [0.1, 0.15) is 11.0 Å². The first kappa shape index (κ1) is 18.3. The molecule has 4 rings (SSSR count). The Bertz CT molecular complexity index is 1290. The van der Waals surface area contributed by atoms with E-state index < -0.39 is 11.2 Å². The zero-order valence-corrected chi connectivity index (χ0v) is 16.5. The molecule has 1 N–H and O–H groups in total. The number of carboxylic acid groups (broad SMARTS) is 1. The molecule has 142 valence electrons. The van der Waals surface area contributed by atoms with Crippen molar-refractivity contribution in [2.75, 3.05) is 0 Å². The number of hydrogen-bond donors (Lipinski definition) is 1. The molecule has 0 bridgehead atoms. The molecule has 0 aliphatic heterocycles. The number of hydrogen-bond acceptors (Lipinski definition) is 5. The third-order valence-corrected chi connectivity index (χ3v) is 5.96. The second-order valence-electron chi connectivity index (χ2n) is 6.73. The van der Waals surface area contributed by atoms with Gasteiger partial charge < -0.3 is 14.9 Å². The number of rotatable bonds is 4. The van der Waals surface area contributed by atoms with E-state index in [1.54, 1.807) is 0 Å². The SMILES string of the molecule is Cc1cccc(-n2c(S[C@@H](C)C(=O)[O-])nc3c([nH]c4ccccc43)c2=O)c1C. The number of aromatic amines is 1. The molecule has 0 aliphatic rings. The topological polar surface area (TPSA) is 90.8 Å². The van der Waals surface area contributed by atoms with Crippen molar-refractivity contribution in [1.82, 2.24) is 14.5 Å². The highest BCUT2D eigenvalue weighted by molar-refractivity contribution is 8.00. The molecule has 0 radical (unpaired) electrons. The van der Waals surface area contributed by atoms with E-state index >= 15 is 0 Å².